The summed E-state index contributed by atoms with van der Waals surface area (Å²) in [5.74, 6) is 3.80. The zero-order valence-corrected chi connectivity index (χ0v) is 16.5. The van der Waals surface area contributed by atoms with Crippen LogP contribution >= 0.6 is 0 Å². The van der Waals surface area contributed by atoms with Crippen LogP contribution in [0.5, 0.6) is 0 Å². The number of hydrogen-bond acceptors (Lipinski definition) is 4. The Hall–Kier alpha value is -2.87. The first-order valence-electron chi connectivity index (χ1n) is 9.42. The summed E-state index contributed by atoms with van der Waals surface area (Å²) in [6.07, 6.45) is 2.69. The number of likely N-dealkylation sites (N-methyl/N-ethyl adjacent to an activating group) is 1. The lowest BCUT2D eigenvalue weighted by Crippen LogP contribution is -2.49. The van der Waals surface area contributed by atoms with Crippen molar-refractivity contribution in [3.8, 4) is 0 Å². The maximum Gasteiger partial charge on any atom is 0.242 e. The monoisotopic (exact) mass is 387 g/mol. The van der Waals surface area contributed by atoms with Gasteiger partial charge in [0.1, 0.15) is 6.04 Å². The number of hydrogen-bond donors (Lipinski definition) is 5. The summed E-state index contributed by atoms with van der Waals surface area (Å²) in [5, 5.41) is 6.43. The van der Waals surface area contributed by atoms with E-state index in [1.54, 1.807) is 0 Å². The van der Waals surface area contributed by atoms with Gasteiger partial charge >= 0.3 is 0 Å². The van der Waals surface area contributed by atoms with Gasteiger partial charge in [0.05, 0.1) is 0 Å². The van der Waals surface area contributed by atoms with Crippen molar-refractivity contribution in [2.45, 2.75) is 39.2 Å². The number of benzene rings is 1. The van der Waals surface area contributed by atoms with Crippen molar-refractivity contribution in [3.05, 3.63) is 36.0 Å². The van der Waals surface area contributed by atoms with E-state index < -0.39 is 17.9 Å². The minimum atomic E-state index is -0.743. The second-order valence-corrected chi connectivity index (χ2v) is 7.34. The van der Waals surface area contributed by atoms with E-state index in [4.69, 9.17) is 5.84 Å². The highest BCUT2D eigenvalue weighted by molar-refractivity contribution is 5.91. The number of fused-ring (bicyclic) bond motifs is 1. The molecule has 3 amide bonds. The van der Waals surface area contributed by atoms with Gasteiger partial charge in [0.25, 0.3) is 0 Å². The molecule has 2 atom stereocenters. The van der Waals surface area contributed by atoms with Crippen molar-refractivity contribution >= 4 is 28.6 Å². The average molecular weight is 387 g/mol. The van der Waals surface area contributed by atoms with Crippen molar-refractivity contribution in [2.75, 3.05) is 7.05 Å². The lowest BCUT2D eigenvalue weighted by Gasteiger charge is -2.22. The molecule has 0 saturated carbocycles. The molecule has 152 valence electrons. The number of nitrogens with two attached hydrogens (primary N) is 1. The molecular weight excluding hydrogens is 358 g/mol. The quantitative estimate of drug-likeness (QED) is 0.249. The van der Waals surface area contributed by atoms with E-state index >= 15 is 0 Å². The third-order valence-corrected chi connectivity index (χ3v) is 4.70. The van der Waals surface area contributed by atoms with Crippen molar-refractivity contribution < 1.29 is 14.4 Å². The van der Waals surface area contributed by atoms with E-state index in [-0.39, 0.29) is 24.2 Å². The molecule has 1 aromatic heterocycles. The molecule has 2 rings (SSSR count). The van der Waals surface area contributed by atoms with Gasteiger partial charge in [0.15, 0.2) is 0 Å². The molecule has 0 aliphatic carbocycles. The van der Waals surface area contributed by atoms with Gasteiger partial charge in [0.2, 0.25) is 17.7 Å². The average Bonchev–Trinajstić information content (AvgIpc) is 3.08. The van der Waals surface area contributed by atoms with Crippen LogP contribution in [-0.2, 0) is 20.8 Å². The number of rotatable bonds is 9. The summed E-state index contributed by atoms with van der Waals surface area (Å²) < 4.78 is 0. The molecule has 1 unspecified atom stereocenters. The van der Waals surface area contributed by atoms with Gasteiger partial charge < -0.3 is 15.6 Å². The number of hydrazine groups is 1. The number of carbonyl (C=O) groups excluding carboxylic acids is 3. The van der Waals surface area contributed by atoms with Crippen LogP contribution < -0.4 is 21.9 Å². The first-order chi connectivity index (χ1) is 13.3. The highest BCUT2D eigenvalue weighted by Gasteiger charge is 2.28. The molecule has 0 aliphatic heterocycles. The summed E-state index contributed by atoms with van der Waals surface area (Å²) in [6.45, 7) is 3.95. The normalized spacial score (nSPS) is 13.2. The number of aromatic nitrogens is 1. The number of aromatic amines is 1. The molecule has 0 spiro atoms. The molecule has 1 heterocycles. The van der Waals surface area contributed by atoms with E-state index in [2.05, 4.69) is 21.0 Å². The fourth-order valence-electron chi connectivity index (χ4n) is 3.33. The van der Waals surface area contributed by atoms with Gasteiger partial charge in [-0.15, -0.1) is 0 Å². The summed E-state index contributed by atoms with van der Waals surface area (Å²) in [4.78, 5) is 40.1. The van der Waals surface area contributed by atoms with Crippen LogP contribution in [-0.4, -0.2) is 35.8 Å². The van der Waals surface area contributed by atoms with Crippen molar-refractivity contribution in [1.82, 2.24) is 21.0 Å². The Morgan fingerprint density at radius 2 is 1.86 bits per heavy atom. The van der Waals surface area contributed by atoms with Crippen LogP contribution in [0.3, 0.4) is 0 Å². The first-order valence-corrected chi connectivity index (χ1v) is 9.42. The predicted molar refractivity (Wildman–Crippen MR) is 108 cm³/mol. The molecule has 6 N–H and O–H groups in total. The van der Waals surface area contributed by atoms with Gasteiger partial charge in [-0.25, -0.2) is 5.84 Å². The Kier molecular flexibility index (Phi) is 7.57. The van der Waals surface area contributed by atoms with Crippen LogP contribution in [0.4, 0.5) is 0 Å². The minimum Gasteiger partial charge on any atom is -0.361 e. The van der Waals surface area contributed by atoms with Crippen LogP contribution in [0.25, 0.3) is 10.9 Å². The lowest BCUT2D eigenvalue weighted by atomic mass is 9.92. The highest BCUT2D eigenvalue weighted by atomic mass is 16.2. The van der Waals surface area contributed by atoms with Crippen molar-refractivity contribution in [3.63, 3.8) is 0 Å². The van der Waals surface area contributed by atoms with E-state index in [9.17, 15) is 14.4 Å². The SMILES string of the molecule is CNC(=O)C(Cc1c[nH]c2ccccc12)NC(=O)[C@@H](CC(=O)NN)CC(C)C. The van der Waals surface area contributed by atoms with Gasteiger partial charge in [0, 0.05) is 42.9 Å². The zero-order chi connectivity index (χ0) is 20.7. The Labute approximate surface area is 164 Å². The Balaban J connectivity index is 2.18. The molecule has 8 heteroatoms. The molecule has 0 radical (unpaired) electrons. The van der Waals surface area contributed by atoms with Gasteiger partial charge in [-0.3, -0.25) is 19.8 Å². The topological polar surface area (TPSA) is 129 Å². The van der Waals surface area contributed by atoms with Crippen LogP contribution in [0.2, 0.25) is 0 Å². The molecule has 2 aromatic rings. The molecule has 28 heavy (non-hydrogen) atoms. The standard InChI is InChI=1S/C20H29N5O3/c1-12(2)8-13(10-18(26)25-21)19(27)24-17(20(28)22-3)9-14-11-23-16-7-5-4-6-15(14)16/h4-7,11-13,17,23H,8-10,21H2,1-3H3,(H,22,28)(H,24,27)(H,25,26)/t13-,17?/m1/s1. The van der Waals surface area contributed by atoms with Crippen LogP contribution in [0.1, 0.15) is 32.3 Å². The highest BCUT2D eigenvalue weighted by Crippen LogP contribution is 2.20. The molecule has 1 aromatic carbocycles. The van der Waals surface area contributed by atoms with Crippen molar-refractivity contribution in [2.24, 2.45) is 17.7 Å². The second-order valence-electron chi connectivity index (χ2n) is 7.34. The summed E-state index contributed by atoms with van der Waals surface area (Å²) in [7, 11) is 1.53. The molecule has 0 aliphatic rings. The first kappa shape index (κ1) is 21.4. The van der Waals surface area contributed by atoms with Crippen LogP contribution in [0.15, 0.2) is 30.5 Å². The van der Waals surface area contributed by atoms with Gasteiger partial charge in [-0.2, -0.15) is 0 Å². The number of amides is 3. The largest absolute Gasteiger partial charge is 0.361 e. The zero-order valence-electron chi connectivity index (χ0n) is 16.5. The number of carbonyl (C=O) groups is 3. The minimum absolute atomic E-state index is 0.0198. The maximum atomic E-state index is 12.8. The molecule has 8 nitrogen and oxygen atoms in total. The summed E-state index contributed by atoms with van der Waals surface area (Å²) in [5.41, 5.74) is 3.97. The Bertz CT molecular complexity index is 830. The van der Waals surface area contributed by atoms with E-state index in [0.717, 1.165) is 16.5 Å². The van der Waals surface area contributed by atoms with E-state index in [0.29, 0.717) is 12.8 Å². The smallest absolute Gasteiger partial charge is 0.242 e. The van der Waals surface area contributed by atoms with E-state index in [1.807, 2.05) is 44.3 Å². The predicted octanol–water partition coefficient (Wildman–Crippen LogP) is 0.984. The third kappa shape index (κ3) is 5.56. The lowest BCUT2D eigenvalue weighted by molar-refractivity contribution is -0.133. The van der Waals surface area contributed by atoms with Crippen LogP contribution in [0, 0.1) is 11.8 Å². The summed E-state index contributed by atoms with van der Waals surface area (Å²) in [6, 6.07) is 7.04. The van der Waals surface area contributed by atoms with E-state index in [1.165, 1.54) is 7.05 Å². The second kappa shape index (κ2) is 9.89. The third-order valence-electron chi connectivity index (χ3n) is 4.70. The van der Waals surface area contributed by atoms with Gasteiger partial charge in [-0.05, 0) is 24.0 Å². The number of H-pyrrole nitrogens is 1. The molecular formula is C20H29N5O3. The fraction of sp³-hybridized carbons (Fsp3) is 0.450. The maximum absolute atomic E-state index is 12.8. The number of nitrogens with one attached hydrogen (secondary N) is 4. The Morgan fingerprint density at radius 3 is 2.50 bits per heavy atom. The number of para-hydroxylation sites is 1. The molecule has 0 bridgehead atoms. The Morgan fingerprint density at radius 1 is 1.14 bits per heavy atom. The van der Waals surface area contributed by atoms with Crippen molar-refractivity contribution in [1.29, 1.82) is 0 Å². The molecule has 0 saturated heterocycles. The summed E-state index contributed by atoms with van der Waals surface area (Å²) >= 11 is 0. The fourth-order valence-corrected chi connectivity index (χ4v) is 3.33. The van der Waals surface area contributed by atoms with Gasteiger partial charge in [-0.1, -0.05) is 32.0 Å². The molecule has 0 fully saturated rings.